The first kappa shape index (κ1) is 16.7. The lowest BCUT2D eigenvalue weighted by atomic mass is 10.0. The first-order valence-corrected chi connectivity index (χ1v) is 7.33. The van der Waals surface area contributed by atoms with Gasteiger partial charge in [-0.25, -0.2) is 5.43 Å². The van der Waals surface area contributed by atoms with Crippen molar-refractivity contribution in [2.24, 2.45) is 0 Å². The van der Waals surface area contributed by atoms with Crippen LogP contribution in [-0.2, 0) is 17.4 Å². The summed E-state index contributed by atoms with van der Waals surface area (Å²) >= 11 is 0. The minimum Gasteiger partial charge on any atom is -0.273 e. The molecule has 3 rings (SSSR count). The van der Waals surface area contributed by atoms with Crippen LogP contribution in [0.1, 0.15) is 11.1 Å². The van der Waals surface area contributed by atoms with Crippen molar-refractivity contribution in [2.75, 3.05) is 5.43 Å². The van der Waals surface area contributed by atoms with E-state index >= 15 is 0 Å². The van der Waals surface area contributed by atoms with E-state index in [9.17, 15) is 18.0 Å². The summed E-state index contributed by atoms with van der Waals surface area (Å²) < 4.78 is 37.5. The monoisotopic (exact) mass is 346 g/mol. The van der Waals surface area contributed by atoms with Crippen molar-refractivity contribution in [1.82, 2.24) is 14.9 Å². The third kappa shape index (κ3) is 4.23. The van der Waals surface area contributed by atoms with Gasteiger partial charge in [-0.15, -0.1) is 0 Å². The lowest BCUT2D eigenvalue weighted by Crippen LogP contribution is -2.24. The van der Waals surface area contributed by atoms with Gasteiger partial charge in [-0.1, -0.05) is 30.3 Å². The molecule has 0 atom stereocenters. The fraction of sp³-hybridized carbons (Fsp3) is 0.118. The molecular weight excluding hydrogens is 333 g/mol. The van der Waals surface area contributed by atoms with Crippen LogP contribution in [0.3, 0.4) is 0 Å². The van der Waals surface area contributed by atoms with E-state index in [0.29, 0.717) is 6.20 Å². The van der Waals surface area contributed by atoms with Crippen LogP contribution in [-0.4, -0.2) is 20.8 Å². The molecule has 0 radical (unpaired) electrons. The second-order valence-electron chi connectivity index (χ2n) is 5.32. The van der Waals surface area contributed by atoms with E-state index in [1.807, 2.05) is 24.3 Å². The lowest BCUT2D eigenvalue weighted by Gasteiger charge is -2.06. The van der Waals surface area contributed by atoms with Crippen LogP contribution >= 0.6 is 0 Å². The smallest absolute Gasteiger partial charge is 0.273 e. The van der Waals surface area contributed by atoms with Crippen LogP contribution in [0.25, 0.3) is 11.1 Å². The van der Waals surface area contributed by atoms with E-state index < -0.39 is 17.6 Å². The Hall–Kier alpha value is -3.16. The Bertz CT molecular complexity index is 858. The highest BCUT2D eigenvalue weighted by molar-refractivity contribution is 5.85. The SMILES string of the molecule is O=C(Cc1ccc(-c2cccnc2)cc1)Nn1cc(C(F)(F)F)cn1. The van der Waals surface area contributed by atoms with Crippen LogP contribution in [0.2, 0.25) is 0 Å². The molecule has 8 heteroatoms. The summed E-state index contributed by atoms with van der Waals surface area (Å²) in [4.78, 5) is 16.7. The number of halogens is 3. The largest absolute Gasteiger partial charge is 0.419 e. The second-order valence-corrected chi connectivity index (χ2v) is 5.32. The summed E-state index contributed by atoms with van der Waals surface area (Å²) in [7, 11) is 0. The van der Waals surface area contributed by atoms with Gasteiger partial charge in [-0.3, -0.25) is 9.78 Å². The number of pyridine rings is 1. The van der Waals surface area contributed by atoms with Gasteiger partial charge in [0.25, 0.3) is 0 Å². The highest BCUT2D eigenvalue weighted by atomic mass is 19.4. The Balaban J connectivity index is 1.62. The average molecular weight is 346 g/mol. The van der Waals surface area contributed by atoms with Gasteiger partial charge in [0, 0.05) is 12.4 Å². The molecule has 0 aliphatic heterocycles. The molecule has 1 N–H and O–H groups in total. The molecule has 3 aromatic rings. The van der Waals surface area contributed by atoms with Crippen molar-refractivity contribution in [3.63, 3.8) is 0 Å². The number of hydrogen-bond acceptors (Lipinski definition) is 3. The fourth-order valence-corrected chi connectivity index (χ4v) is 2.23. The van der Waals surface area contributed by atoms with Gasteiger partial charge in [-0.05, 0) is 22.8 Å². The van der Waals surface area contributed by atoms with Crippen molar-refractivity contribution in [2.45, 2.75) is 12.6 Å². The zero-order chi connectivity index (χ0) is 17.9. The second kappa shape index (κ2) is 6.76. The van der Waals surface area contributed by atoms with E-state index in [2.05, 4.69) is 15.5 Å². The molecule has 0 unspecified atom stereocenters. The number of nitrogens with one attached hydrogen (secondary N) is 1. The molecule has 0 spiro atoms. The van der Waals surface area contributed by atoms with Crippen LogP contribution in [0.15, 0.2) is 61.2 Å². The van der Waals surface area contributed by atoms with Gasteiger partial charge in [0.15, 0.2) is 0 Å². The zero-order valence-electron chi connectivity index (χ0n) is 12.9. The maximum atomic E-state index is 12.5. The maximum Gasteiger partial charge on any atom is 0.419 e. The molecule has 0 aliphatic carbocycles. The number of nitrogens with zero attached hydrogens (tertiary/aromatic N) is 3. The maximum absolute atomic E-state index is 12.5. The van der Waals surface area contributed by atoms with E-state index in [1.165, 1.54) is 0 Å². The number of carbonyl (C=O) groups excluding carboxylic acids is 1. The Morgan fingerprint density at radius 3 is 2.44 bits per heavy atom. The summed E-state index contributed by atoms with van der Waals surface area (Å²) in [5.74, 6) is -0.467. The van der Waals surface area contributed by atoms with Gasteiger partial charge in [-0.2, -0.15) is 23.1 Å². The third-order valence-corrected chi connectivity index (χ3v) is 3.46. The number of aromatic nitrogens is 3. The molecule has 5 nitrogen and oxygen atoms in total. The predicted molar refractivity (Wildman–Crippen MR) is 85.0 cm³/mol. The molecule has 0 saturated heterocycles. The van der Waals surface area contributed by atoms with E-state index in [-0.39, 0.29) is 6.42 Å². The minimum atomic E-state index is -4.49. The van der Waals surface area contributed by atoms with Gasteiger partial charge in [0.05, 0.1) is 24.4 Å². The quantitative estimate of drug-likeness (QED) is 0.789. The van der Waals surface area contributed by atoms with Gasteiger partial charge in [0.2, 0.25) is 5.91 Å². The molecule has 25 heavy (non-hydrogen) atoms. The third-order valence-electron chi connectivity index (χ3n) is 3.46. The number of alkyl halides is 3. The minimum absolute atomic E-state index is 0.0224. The predicted octanol–water partition coefficient (Wildman–Crippen LogP) is 3.28. The summed E-state index contributed by atoms with van der Waals surface area (Å²) in [6.07, 6.45) is 0.325. The Morgan fingerprint density at radius 1 is 1.08 bits per heavy atom. The van der Waals surface area contributed by atoms with Gasteiger partial charge < -0.3 is 0 Å². The van der Waals surface area contributed by atoms with Crippen molar-refractivity contribution in [3.8, 4) is 11.1 Å². The lowest BCUT2D eigenvalue weighted by molar-refractivity contribution is -0.137. The van der Waals surface area contributed by atoms with E-state index in [0.717, 1.165) is 27.7 Å². The zero-order valence-corrected chi connectivity index (χ0v) is 12.9. The fourth-order valence-electron chi connectivity index (χ4n) is 2.23. The number of amides is 1. The number of rotatable bonds is 4. The van der Waals surface area contributed by atoms with E-state index in [4.69, 9.17) is 0 Å². The Morgan fingerprint density at radius 2 is 1.84 bits per heavy atom. The standard InChI is InChI=1S/C17H13F3N4O/c18-17(19,20)15-10-22-24(11-15)23-16(25)8-12-3-5-13(6-4-12)14-2-1-7-21-9-14/h1-7,9-11H,8H2,(H,23,25). The van der Waals surface area contributed by atoms with Crippen molar-refractivity contribution in [3.05, 3.63) is 72.3 Å². The van der Waals surface area contributed by atoms with Crippen molar-refractivity contribution in [1.29, 1.82) is 0 Å². The van der Waals surface area contributed by atoms with Crippen molar-refractivity contribution >= 4 is 5.91 Å². The Labute approximate surface area is 141 Å². The first-order chi connectivity index (χ1) is 11.9. The van der Waals surface area contributed by atoms with Crippen LogP contribution in [0.4, 0.5) is 13.2 Å². The molecule has 128 valence electrons. The topological polar surface area (TPSA) is 59.8 Å². The number of benzene rings is 1. The molecule has 0 bridgehead atoms. The van der Waals surface area contributed by atoms with Crippen molar-refractivity contribution < 1.29 is 18.0 Å². The highest BCUT2D eigenvalue weighted by Gasteiger charge is 2.32. The van der Waals surface area contributed by atoms with Gasteiger partial charge >= 0.3 is 6.18 Å². The molecular formula is C17H13F3N4O. The van der Waals surface area contributed by atoms with Crippen LogP contribution < -0.4 is 5.43 Å². The molecule has 1 aromatic carbocycles. The summed E-state index contributed by atoms with van der Waals surface area (Å²) in [6.45, 7) is 0. The summed E-state index contributed by atoms with van der Waals surface area (Å²) in [6, 6.07) is 11.0. The molecule has 2 aromatic heterocycles. The molecule has 0 aliphatic rings. The molecule has 1 amide bonds. The average Bonchev–Trinajstić information content (AvgIpc) is 3.05. The van der Waals surface area contributed by atoms with Gasteiger partial charge in [0.1, 0.15) is 0 Å². The number of hydrogen-bond donors (Lipinski definition) is 1. The van der Waals surface area contributed by atoms with E-state index in [1.54, 1.807) is 24.5 Å². The molecule has 0 saturated carbocycles. The highest BCUT2D eigenvalue weighted by Crippen LogP contribution is 2.28. The summed E-state index contributed by atoms with van der Waals surface area (Å²) in [5.41, 5.74) is 4.00. The van der Waals surface area contributed by atoms with Crippen LogP contribution in [0.5, 0.6) is 0 Å². The molecule has 2 heterocycles. The summed E-state index contributed by atoms with van der Waals surface area (Å²) in [5, 5.41) is 3.48. The number of carbonyl (C=O) groups is 1. The normalized spacial score (nSPS) is 11.3. The Kier molecular flexibility index (Phi) is 4.51. The van der Waals surface area contributed by atoms with Crippen LogP contribution in [0, 0.1) is 0 Å². The first-order valence-electron chi connectivity index (χ1n) is 7.33. The molecule has 0 fully saturated rings.